The van der Waals surface area contributed by atoms with Gasteiger partial charge in [-0.2, -0.15) is 0 Å². The van der Waals surface area contributed by atoms with Crippen molar-refractivity contribution in [2.24, 2.45) is 7.05 Å². The van der Waals surface area contributed by atoms with E-state index in [9.17, 15) is 0 Å². The average Bonchev–Trinajstić information content (AvgIpc) is 3.34. The smallest absolute Gasteiger partial charge is 0.120 e. The molecule has 5 aromatic rings. The molecule has 0 spiro atoms. The molecule has 31 heavy (non-hydrogen) atoms. The van der Waals surface area contributed by atoms with Gasteiger partial charge in [-0.3, -0.25) is 9.97 Å². The Morgan fingerprint density at radius 3 is 2.19 bits per heavy atom. The minimum absolute atomic E-state index is 0.177. The van der Waals surface area contributed by atoms with Crippen LogP contribution in [0, 0.1) is 6.92 Å². The molecule has 0 N–H and O–H groups in total. The van der Waals surface area contributed by atoms with Gasteiger partial charge in [-0.1, -0.05) is 30.3 Å². The van der Waals surface area contributed by atoms with Crippen molar-refractivity contribution in [1.29, 1.82) is 0 Å². The zero-order chi connectivity index (χ0) is 21.4. The lowest BCUT2D eigenvalue weighted by atomic mass is 10.1. The monoisotopic (exact) mass is 409 g/mol. The average molecular weight is 409 g/mol. The molecule has 0 fully saturated rings. The third-order valence-corrected chi connectivity index (χ3v) is 5.54. The normalized spacial score (nSPS) is 11.5. The van der Waals surface area contributed by atoms with Crippen LogP contribution in [0.5, 0.6) is 0 Å². The van der Waals surface area contributed by atoms with E-state index in [0.29, 0.717) is 0 Å². The Morgan fingerprint density at radius 1 is 0.935 bits per heavy atom. The third-order valence-electron chi connectivity index (χ3n) is 5.54. The Balaban J connectivity index is 1.79. The van der Waals surface area contributed by atoms with Crippen LogP contribution in [0.4, 0.5) is 0 Å². The predicted molar refractivity (Wildman–Crippen MR) is 120 cm³/mol. The molecule has 5 rings (SSSR count). The van der Waals surface area contributed by atoms with Gasteiger partial charge < -0.3 is 4.57 Å². The summed E-state index contributed by atoms with van der Waals surface area (Å²) >= 11 is 0. The highest BCUT2D eigenvalue weighted by molar-refractivity contribution is 5.83. The Kier molecular flexibility index (Phi) is 4.78. The molecule has 0 aliphatic carbocycles. The molecule has 0 saturated heterocycles. The fourth-order valence-electron chi connectivity index (χ4n) is 4.18. The summed E-state index contributed by atoms with van der Waals surface area (Å²) in [7, 11) is 1.92. The summed E-state index contributed by atoms with van der Waals surface area (Å²) in [6, 6.07) is 18.1. The van der Waals surface area contributed by atoms with Crippen molar-refractivity contribution in [3.63, 3.8) is 0 Å². The number of benzene rings is 1. The molecule has 0 bridgehead atoms. The number of rotatable bonds is 5. The van der Waals surface area contributed by atoms with Gasteiger partial charge in [0.05, 0.1) is 33.8 Å². The summed E-state index contributed by atoms with van der Waals surface area (Å²) in [5.41, 5.74) is 6.80. The fourth-order valence-corrected chi connectivity index (χ4v) is 4.18. The summed E-state index contributed by atoms with van der Waals surface area (Å²) in [5, 5.41) is 8.39. The first-order valence-corrected chi connectivity index (χ1v) is 10.4. The van der Waals surface area contributed by atoms with Gasteiger partial charge in [0.1, 0.15) is 11.9 Å². The number of pyridine rings is 2. The maximum atomic E-state index is 4.94. The number of nitrogens with zero attached hydrogens (tertiary/aromatic N) is 7. The number of fused-ring (bicyclic) bond motifs is 1. The Bertz CT molecular complexity index is 1280. The molecule has 154 valence electrons. The van der Waals surface area contributed by atoms with E-state index < -0.39 is 0 Å². The second kappa shape index (κ2) is 7.75. The standard InChI is InChI=1S/C24H23N7/c1-4-22-27-18-12-11-17(23-16(2)28-29-30(23)3)15-21(18)31(22)24(19-9-5-7-13-25-19)20-10-6-8-14-26-20/h5-15,24H,4H2,1-3H3. The van der Waals surface area contributed by atoms with Crippen molar-refractivity contribution >= 4 is 11.0 Å². The van der Waals surface area contributed by atoms with Crippen LogP contribution in [0.3, 0.4) is 0 Å². The lowest BCUT2D eigenvalue weighted by Crippen LogP contribution is -2.17. The highest BCUT2D eigenvalue weighted by Gasteiger charge is 2.24. The van der Waals surface area contributed by atoms with E-state index in [0.717, 1.165) is 51.6 Å². The van der Waals surface area contributed by atoms with E-state index in [1.807, 2.05) is 67.4 Å². The van der Waals surface area contributed by atoms with Crippen LogP contribution < -0.4 is 0 Å². The summed E-state index contributed by atoms with van der Waals surface area (Å²) < 4.78 is 4.08. The number of imidazole rings is 1. The van der Waals surface area contributed by atoms with Crippen molar-refractivity contribution in [3.8, 4) is 11.3 Å². The molecule has 0 radical (unpaired) electrons. The number of aromatic nitrogens is 7. The van der Waals surface area contributed by atoms with Crippen LogP contribution in [0.2, 0.25) is 0 Å². The van der Waals surface area contributed by atoms with Crippen molar-refractivity contribution in [2.45, 2.75) is 26.3 Å². The molecular formula is C24H23N7. The first-order chi connectivity index (χ1) is 15.2. The first kappa shape index (κ1) is 19.1. The van der Waals surface area contributed by atoms with Crippen molar-refractivity contribution in [1.82, 2.24) is 34.5 Å². The predicted octanol–water partition coefficient (Wildman–Crippen LogP) is 4.13. The summed E-state index contributed by atoms with van der Waals surface area (Å²) in [5.74, 6) is 0.994. The van der Waals surface area contributed by atoms with Gasteiger partial charge in [-0.05, 0) is 43.3 Å². The molecule has 1 aromatic carbocycles. The largest absolute Gasteiger partial charge is 0.313 e. The maximum Gasteiger partial charge on any atom is 0.120 e. The highest BCUT2D eigenvalue weighted by Crippen LogP contribution is 2.33. The second-order valence-corrected chi connectivity index (χ2v) is 7.51. The van der Waals surface area contributed by atoms with Crippen molar-refractivity contribution in [2.75, 3.05) is 0 Å². The molecule has 0 amide bonds. The minimum atomic E-state index is -0.177. The summed E-state index contributed by atoms with van der Waals surface area (Å²) in [6.45, 7) is 4.10. The molecule has 0 unspecified atom stereocenters. The molecule has 0 saturated carbocycles. The SMILES string of the molecule is CCc1nc2ccc(-c3c(C)nnn3C)cc2n1C(c1ccccn1)c1ccccn1. The quantitative estimate of drug-likeness (QED) is 0.436. The number of hydrogen-bond acceptors (Lipinski definition) is 5. The van der Waals surface area contributed by atoms with Gasteiger partial charge in [0, 0.05) is 31.4 Å². The molecular weight excluding hydrogens is 386 g/mol. The van der Waals surface area contributed by atoms with E-state index in [4.69, 9.17) is 4.98 Å². The summed E-state index contributed by atoms with van der Waals surface area (Å²) in [4.78, 5) is 14.3. The number of aryl methyl sites for hydroxylation is 3. The lowest BCUT2D eigenvalue weighted by Gasteiger charge is -2.21. The third kappa shape index (κ3) is 3.28. The van der Waals surface area contributed by atoms with Gasteiger partial charge in [0.2, 0.25) is 0 Å². The first-order valence-electron chi connectivity index (χ1n) is 10.4. The van der Waals surface area contributed by atoms with E-state index in [-0.39, 0.29) is 6.04 Å². The van der Waals surface area contributed by atoms with Crippen LogP contribution in [-0.2, 0) is 13.5 Å². The number of hydrogen-bond donors (Lipinski definition) is 0. The van der Waals surface area contributed by atoms with Gasteiger partial charge in [0.25, 0.3) is 0 Å². The fraction of sp³-hybridized carbons (Fsp3) is 0.208. The van der Waals surface area contributed by atoms with Crippen LogP contribution in [0.1, 0.15) is 35.9 Å². The van der Waals surface area contributed by atoms with Crippen LogP contribution in [0.25, 0.3) is 22.3 Å². The van der Waals surface area contributed by atoms with Crippen LogP contribution in [-0.4, -0.2) is 34.5 Å². The lowest BCUT2D eigenvalue weighted by molar-refractivity contribution is 0.624. The molecule has 0 atom stereocenters. The van der Waals surface area contributed by atoms with Gasteiger partial charge in [-0.15, -0.1) is 5.10 Å². The highest BCUT2D eigenvalue weighted by atomic mass is 15.4. The van der Waals surface area contributed by atoms with E-state index in [2.05, 4.69) is 50.0 Å². The zero-order valence-electron chi connectivity index (χ0n) is 17.8. The molecule has 0 aliphatic rings. The zero-order valence-corrected chi connectivity index (χ0v) is 17.8. The molecule has 4 aromatic heterocycles. The van der Waals surface area contributed by atoms with E-state index in [1.54, 1.807) is 0 Å². The maximum absolute atomic E-state index is 4.94. The van der Waals surface area contributed by atoms with Crippen molar-refractivity contribution < 1.29 is 0 Å². The van der Waals surface area contributed by atoms with Gasteiger partial charge in [0.15, 0.2) is 0 Å². The summed E-state index contributed by atoms with van der Waals surface area (Å²) in [6.07, 6.45) is 4.45. The topological polar surface area (TPSA) is 74.3 Å². The minimum Gasteiger partial charge on any atom is -0.313 e. The Morgan fingerprint density at radius 2 is 1.65 bits per heavy atom. The molecule has 7 nitrogen and oxygen atoms in total. The molecule has 7 heteroatoms. The van der Waals surface area contributed by atoms with E-state index in [1.165, 1.54) is 0 Å². The molecule has 4 heterocycles. The second-order valence-electron chi connectivity index (χ2n) is 7.51. The van der Waals surface area contributed by atoms with Gasteiger partial charge >= 0.3 is 0 Å². The Labute approximate surface area is 180 Å². The molecule has 0 aliphatic heterocycles. The Hall–Kier alpha value is -3.87. The van der Waals surface area contributed by atoms with Crippen molar-refractivity contribution in [3.05, 3.63) is 89.9 Å². The van der Waals surface area contributed by atoms with Crippen LogP contribution >= 0.6 is 0 Å². The van der Waals surface area contributed by atoms with Gasteiger partial charge in [-0.25, -0.2) is 9.67 Å². The van der Waals surface area contributed by atoms with Crippen LogP contribution in [0.15, 0.2) is 67.0 Å². The van der Waals surface area contributed by atoms with E-state index >= 15 is 0 Å².